The average Bonchev–Trinajstić information content (AvgIpc) is 2.98. The highest BCUT2D eigenvalue weighted by molar-refractivity contribution is 5.15. The molecule has 0 radical (unpaired) electrons. The highest BCUT2D eigenvalue weighted by Crippen LogP contribution is 2.47. The van der Waals surface area contributed by atoms with E-state index in [0.29, 0.717) is 13.0 Å². The van der Waals surface area contributed by atoms with Crippen LogP contribution in [0.1, 0.15) is 25.8 Å². The molecule has 126 valence electrons. The quantitative estimate of drug-likeness (QED) is 0.816. The first-order valence-corrected chi connectivity index (χ1v) is 7.91. The number of aliphatic hydroxyl groups is 1. The molecular formula is C18H24O5. The molecule has 0 spiro atoms. The molecule has 2 saturated heterocycles. The van der Waals surface area contributed by atoms with E-state index in [2.05, 4.69) is 6.58 Å². The summed E-state index contributed by atoms with van der Waals surface area (Å²) in [7, 11) is 0. The van der Waals surface area contributed by atoms with Crippen molar-refractivity contribution >= 4 is 0 Å². The second-order valence-electron chi connectivity index (χ2n) is 6.45. The van der Waals surface area contributed by atoms with Crippen LogP contribution < -0.4 is 0 Å². The van der Waals surface area contributed by atoms with Crippen LogP contribution in [0.25, 0.3) is 0 Å². The molecule has 2 heterocycles. The van der Waals surface area contributed by atoms with Crippen LogP contribution >= 0.6 is 0 Å². The van der Waals surface area contributed by atoms with E-state index in [-0.39, 0.29) is 6.61 Å². The zero-order valence-electron chi connectivity index (χ0n) is 13.6. The highest BCUT2D eigenvalue weighted by atomic mass is 16.8. The molecule has 0 aromatic heterocycles. The van der Waals surface area contributed by atoms with E-state index in [1.54, 1.807) is 6.08 Å². The van der Waals surface area contributed by atoms with Gasteiger partial charge in [-0.2, -0.15) is 0 Å². The number of fused-ring (bicyclic) bond motifs is 1. The molecule has 4 atom stereocenters. The number of hydrogen-bond acceptors (Lipinski definition) is 5. The summed E-state index contributed by atoms with van der Waals surface area (Å²) in [6.45, 7) is 7.76. The summed E-state index contributed by atoms with van der Waals surface area (Å²) >= 11 is 0. The van der Waals surface area contributed by atoms with E-state index in [0.717, 1.165) is 5.56 Å². The van der Waals surface area contributed by atoms with E-state index < -0.39 is 29.9 Å². The van der Waals surface area contributed by atoms with E-state index in [1.165, 1.54) is 0 Å². The SMILES string of the molecule is C=CC[C@@]1(OCc2ccccc2)[C@@H](CO)O[C@@H]2OC(C)(C)O[C@@H]21. The van der Waals surface area contributed by atoms with E-state index >= 15 is 0 Å². The van der Waals surface area contributed by atoms with Crippen molar-refractivity contribution in [1.29, 1.82) is 0 Å². The minimum atomic E-state index is -0.815. The molecule has 1 aromatic rings. The first kappa shape index (κ1) is 16.6. The summed E-state index contributed by atoms with van der Waals surface area (Å²) < 4.78 is 23.9. The summed E-state index contributed by atoms with van der Waals surface area (Å²) in [4.78, 5) is 0. The van der Waals surface area contributed by atoms with Gasteiger partial charge in [0.25, 0.3) is 0 Å². The molecular weight excluding hydrogens is 296 g/mol. The van der Waals surface area contributed by atoms with Crippen molar-refractivity contribution in [3.8, 4) is 0 Å². The van der Waals surface area contributed by atoms with Crippen LogP contribution in [-0.2, 0) is 25.6 Å². The molecule has 5 heteroatoms. The van der Waals surface area contributed by atoms with Crippen molar-refractivity contribution in [3.63, 3.8) is 0 Å². The minimum Gasteiger partial charge on any atom is -0.394 e. The third-order valence-corrected chi connectivity index (χ3v) is 4.36. The fraction of sp³-hybridized carbons (Fsp3) is 0.556. The fourth-order valence-electron chi connectivity index (χ4n) is 3.32. The van der Waals surface area contributed by atoms with Crippen LogP contribution in [0.4, 0.5) is 0 Å². The lowest BCUT2D eigenvalue weighted by Crippen LogP contribution is -2.52. The standard InChI is InChI=1S/C18H24O5/c1-4-10-18(20-12-13-8-6-5-7-9-13)14(11-19)21-16-15(18)22-17(2,3)23-16/h4-9,14-16,19H,1,10-12H2,2-3H3/t14-,15+,16-,18-/m1/s1. The van der Waals surface area contributed by atoms with E-state index in [9.17, 15) is 5.11 Å². The van der Waals surface area contributed by atoms with Crippen LogP contribution in [0.3, 0.4) is 0 Å². The smallest absolute Gasteiger partial charge is 0.190 e. The summed E-state index contributed by atoms with van der Waals surface area (Å²) in [6.07, 6.45) is 0.810. The molecule has 2 aliphatic rings. The zero-order chi connectivity index (χ0) is 16.5. The van der Waals surface area contributed by atoms with Gasteiger partial charge in [-0.3, -0.25) is 0 Å². The van der Waals surface area contributed by atoms with Gasteiger partial charge in [0.05, 0.1) is 13.2 Å². The summed E-state index contributed by atoms with van der Waals surface area (Å²) in [6, 6.07) is 9.89. The van der Waals surface area contributed by atoms with Crippen molar-refractivity contribution in [3.05, 3.63) is 48.6 Å². The second-order valence-corrected chi connectivity index (χ2v) is 6.45. The lowest BCUT2D eigenvalue weighted by molar-refractivity contribution is -0.242. The van der Waals surface area contributed by atoms with Crippen molar-refractivity contribution in [2.24, 2.45) is 0 Å². The maximum Gasteiger partial charge on any atom is 0.190 e. The lowest BCUT2D eigenvalue weighted by Gasteiger charge is -2.37. The molecule has 23 heavy (non-hydrogen) atoms. The van der Waals surface area contributed by atoms with Crippen LogP contribution in [0.5, 0.6) is 0 Å². The van der Waals surface area contributed by atoms with Crippen LogP contribution in [0.15, 0.2) is 43.0 Å². The number of aliphatic hydroxyl groups excluding tert-OH is 1. The molecule has 0 amide bonds. The Morgan fingerprint density at radius 3 is 2.65 bits per heavy atom. The Hall–Kier alpha value is -1.24. The molecule has 2 aliphatic heterocycles. The van der Waals surface area contributed by atoms with E-state index in [1.807, 2.05) is 44.2 Å². The maximum atomic E-state index is 9.76. The summed E-state index contributed by atoms with van der Waals surface area (Å²) in [5.74, 6) is -0.738. The van der Waals surface area contributed by atoms with Gasteiger partial charge in [-0.15, -0.1) is 6.58 Å². The predicted octanol–water partition coefficient (Wildman–Crippen LogP) is 2.39. The molecule has 3 rings (SSSR count). The molecule has 0 saturated carbocycles. The largest absolute Gasteiger partial charge is 0.394 e. The van der Waals surface area contributed by atoms with E-state index in [4.69, 9.17) is 18.9 Å². The molecule has 0 aliphatic carbocycles. The van der Waals surface area contributed by atoms with Gasteiger partial charge in [-0.1, -0.05) is 36.4 Å². The predicted molar refractivity (Wildman–Crippen MR) is 84.6 cm³/mol. The van der Waals surface area contributed by atoms with Gasteiger partial charge in [0.2, 0.25) is 0 Å². The Morgan fingerprint density at radius 1 is 1.26 bits per heavy atom. The molecule has 2 fully saturated rings. The van der Waals surface area contributed by atoms with Crippen LogP contribution in [0.2, 0.25) is 0 Å². The number of benzene rings is 1. The topological polar surface area (TPSA) is 57.2 Å². The maximum absolute atomic E-state index is 9.76. The number of rotatable bonds is 6. The normalized spacial score (nSPS) is 35.2. The van der Waals surface area contributed by atoms with Crippen LogP contribution in [0, 0.1) is 0 Å². The molecule has 0 unspecified atom stereocenters. The summed E-state index contributed by atoms with van der Waals surface area (Å²) in [5, 5.41) is 9.76. The van der Waals surface area contributed by atoms with Gasteiger partial charge >= 0.3 is 0 Å². The fourth-order valence-corrected chi connectivity index (χ4v) is 3.32. The van der Waals surface area contributed by atoms with Gasteiger partial charge in [0.15, 0.2) is 12.1 Å². The Morgan fingerprint density at radius 2 is 2.00 bits per heavy atom. The monoisotopic (exact) mass is 320 g/mol. The zero-order valence-corrected chi connectivity index (χ0v) is 13.6. The van der Waals surface area contributed by atoms with Crippen LogP contribution in [-0.4, -0.2) is 41.6 Å². The molecule has 1 aromatic carbocycles. The van der Waals surface area contributed by atoms with Gasteiger partial charge in [-0.25, -0.2) is 0 Å². The van der Waals surface area contributed by atoms with Crippen molar-refractivity contribution in [2.75, 3.05) is 6.61 Å². The summed E-state index contributed by atoms with van der Waals surface area (Å²) in [5.41, 5.74) is 0.236. The van der Waals surface area contributed by atoms with Gasteiger partial charge in [0.1, 0.15) is 17.8 Å². The molecule has 5 nitrogen and oxygen atoms in total. The lowest BCUT2D eigenvalue weighted by atomic mass is 9.88. The van der Waals surface area contributed by atoms with Gasteiger partial charge in [-0.05, 0) is 25.8 Å². The average molecular weight is 320 g/mol. The Bertz CT molecular complexity index is 544. The number of ether oxygens (including phenoxy) is 4. The minimum absolute atomic E-state index is 0.164. The second kappa shape index (κ2) is 6.34. The first-order chi connectivity index (χ1) is 11.0. The Labute approximate surface area is 136 Å². The molecule has 1 N–H and O–H groups in total. The third-order valence-electron chi connectivity index (χ3n) is 4.36. The van der Waals surface area contributed by atoms with Crippen molar-refractivity contribution < 1.29 is 24.1 Å². The molecule has 0 bridgehead atoms. The first-order valence-electron chi connectivity index (χ1n) is 7.91. The number of hydrogen-bond donors (Lipinski definition) is 1. The van der Waals surface area contributed by atoms with Gasteiger partial charge < -0.3 is 24.1 Å². The van der Waals surface area contributed by atoms with Crippen molar-refractivity contribution in [2.45, 2.75) is 56.8 Å². The highest BCUT2D eigenvalue weighted by Gasteiger charge is 2.63. The third kappa shape index (κ3) is 3.07. The van der Waals surface area contributed by atoms with Crippen molar-refractivity contribution in [1.82, 2.24) is 0 Å². The Kier molecular flexibility index (Phi) is 4.58. The van der Waals surface area contributed by atoms with Gasteiger partial charge in [0, 0.05) is 0 Å². The Balaban J connectivity index is 1.85.